The van der Waals surface area contributed by atoms with E-state index < -0.39 is 0 Å². The van der Waals surface area contributed by atoms with Crippen LogP contribution >= 0.6 is 0 Å². The van der Waals surface area contributed by atoms with Crippen molar-refractivity contribution in [3.8, 4) is 33.6 Å². The number of aromatic nitrogens is 2. The predicted molar refractivity (Wildman–Crippen MR) is 169 cm³/mol. The first-order valence-electron chi connectivity index (χ1n) is 13.4. The van der Waals surface area contributed by atoms with Crippen LogP contribution in [0.15, 0.2) is 146 Å². The van der Waals surface area contributed by atoms with Crippen molar-refractivity contribution in [2.24, 2.45) is 0 Å². The van der Waals surface area contributed by atoms with Crippen molar-refractivity contribution in [3.05, 3.63) is 168 Å². The van der Waals surface area contributed by atoms with Crippen molar-refractivity contribution >= 4 is 24.3 Å². The Kier molecular flexibility index (Phi) is 7.50. The molecule has 0 saturated heterocycles. The van der Waals surface area contributed by atoms with Crippen LogP contribution in [0.3, 0.4) is 0 Å². The van der Waals surface area contributed by atoms with E-state index in [2.05, 4.69) is 143 Å². The van der Waals surface area contributed by atoms with Crippen LogP contribution in [0.1, 0.15) is 22.3 Å². The molecule has 0 saturated carbocycles. The van der Waals surface area contributed by atoms with Gasteiger partial charge in [0.2, 0.25) is 0 Å². The Labute approximate surface area is 235 Å². The summed E-state index contributed by atoms with van der Waals surface area (Å²) < 4.78 is 0. The normalized spacial score (nSPS) is 11.3. The summed E-state index contributed by atoms with van der Waals surface area (Å²) in [6.45, 7) is 0. The van der Waals surface area contributed by atoms with Crippen LogP contribution in [0, 0.1) is 0 Å². The fraction of sp³-hybridized carbons (Fsp3) is 0. The van der Waals surface area contributed by atoms with E-state index in [1.807, 2.05) is 36.7 Å². The van der Waals surface area contributed by atoms with Gasteiger partial charge in [0.15, 0.2) is 0 Å². The van der Waals surface area contributed by atoms with Crippen molar-refractivity contribution in [1.82, 2.24) is 9.97 Å². The molecule has 0 amide bonds. The molecule has 6 aromatic rings. The smallest absolute Gasteiger partial charge is 0.0892 e. The Bertz CT molecular complexity index is 1610. The van der Waals surface area contributed by atoms with E-state index in [1.54, 1.807) is 0 Å². The van der Waals surface area contributed by atoms with Crippen molar-refractivity contribution < 1.29 is 0 Å². The second-order valence-electron chi connectivity index (χ2n) is 9.59. The minimum atomic E-state index is 0.851. The first kappa shape index (κ1) is 25.0. The third-order valence-corrected chi connectivity index (χ3v) is 6.80. The highest BCUT2D eigenvalue weighted by atomic mass is 14.8. The third kappa shape index (κ3) is 6.20. The Hall–Kier alpha value is -5.34. The zero-order valence-electron chi connectivity index (χ0n) is 22.1. The van der Waals surface area contributed by atoms with E-state index in [-0.39, 0.29) is 0 Å². The van der Waals surface area contributed by atoms with Crippen LogP contribution in [-0.4, -0.2) is 9.97 Å². The number of hydrogen-bond donors (Lipinski definition) is 0. The second kappa shape index (κ2) is 12.0. The van der Waals surface area contributed by atoms with Crippen molar-refractivity contribution in [2.75, 3.05) is 0 Å². The van der Waals surface area contributed by atoms with E-state index in [0.717, 1.165) is 33.6 Å². The molecule has 190 valence electrons. The lowest BCUT2D eigenvalue weighted by Gasteiger charge is -2.04. The molecular weight excluding hydrogens is 484 g/mol. The van der Waals surface area contributed by atoms with Gasteiger partial charge in [-0.05, 0) is 68.8 Å². The summed E-state index contributed by atoms with van der Waals surface area (Å²) >= 11 is 0. The van der Waals surface area contributed by atoms with E-state index in [9.17, 15) is 0 Å². The Morgan fingerprint density at radius 1 is 0.325 bits per heavy atom. The van der Waals surface area contributed by atoms with Crippen LogP contribution in [-0.2, 0) is 0 Å². The standard InChI is InChI=1S/C38H28N2/c1-3-7-33(8-4-1)35-19-15-29(16-20-35)11-13-31-23-25-39-37(27-31)38-28-32(24-26-40-38)14-12-30-17-21-36(22-18-30)34-9-5-2-6-10-34/h1-28H. The minimum absolute atomic E-state index is 0.851. The Morgan fingerprint density at radius 3 is 1.07 bits per heavy atom. The molecular formula is C38H28N2. The van der Waals surface area contributed by atoms with Gasteiger partial charge in [0, 0.05) is 12.4 Å². The lowest BCUT2D eigenvalue weighted by Crippen LogP contribution is -1.88. The van der Waals surface area contributed by atoms with Crippen molar-refractivity contribution in [2.45, 2.75) is 0 Å². The maximum absolute atomic E-state index is 4.59. The molecule has 0 aliphatic carbocycles. The van der Waals surface area contributed by atoms with E-state index in [4.69, 9.17) is 0 Å². The van der Waals surface area contributed by atoms with Crippen LogP contribution in [0.2, 0.25) is 0 Å². The number of benzene rings is 4. The van der Waals surface area contributed by atoms with Gasteiger partial charge in [-0.25, -0.2) is 0 Å². The molecule has 2 aromatic heterocycles. The molecule has 0 fully saturated rings. The summed E-state index contributed by atoms with van der Waals surface area (Å²) in [7, 11) is 0. The molecule has 0 N–H and O–H groups in total. The first-order valence-corrected chi connectivity index (χ1v) is 13.4. The second-order valence-corrected chi connectivity index (χ2v) is 9.59. The topological polar surface area (TPSA) is 25.8 Å². The largest absolute Gasteiger partial charge is 0.255 e. The third-order valence-electron chi connectivity index (χ3n) is 6.80. The van der Waals surface area contributed by atoms with Gasteiger partial charge in [0.25, 0.3) is 0 Å². The predicted octanol–water partition coefficient (Wildman–Crippen LogP) is 9.82. The molecule has 40 heavy (non-hydrogen) atoms. The molecule has 0 bridgehead atoms. The van der Waals surface area contributed by atoms with Gasteiger partial charge < -0.3 is 0 Å². The fourth-order valence-electron chi connectivity index (χ4n) is 4.60. The highest BCUT2D eigenvalue weighted by molar-refractivity contribution is 5.75. The van der Waals surface area contributed by atoms with E-state index >= 15 is 0 Å². The summed E-state index contributed by atoms with van der Waals surface area (Å²) in [4.78, 5) is 9.17. The maximum Gasteiger partial charge on any atom is 0.0892 e. The summed E-state index contributed by atoms with van der Waals surface area (Å²) in [6, 6.07) is 46.3. The number of pyridine rings is 2. The van der Waals surface area contributed by atoms with Gasteiger partial charge in [0.05, 0.1) is 11.4 Å². The molecule has 0 spiro atoms. The van der Waals surface area contributed by atoms with Gasteiger partial charge >= 0.3 is 0 Å². The Morgan fingerprint density at radius 2 is 0.675 bits per heavy atom. The molecule has 2 heteroatoms. The van der Waals surface area contributed by atoms with Crippen LogP contribution < -0.4 is 0 Å². The van der Waals surface area contributed by atoms with Crippen molar-refractivity contribution in [3.63, 3.8) is 0 Å². The molecule has 2 heterocycles. The minimum Gasteiger partial charge on any atom is -0.255 e. The summed E-state index contributed by atoms with van der Waals surface area (Å²) in [6.07, 6.45) is 12.2. The van der Waals surface area contributed by atoms with Gasteiger partial charge in [-0.3, -0.25) is 9.97 Å². The monoisotopic (exact) mass is 512 g/mol. The van der Waals surface area contributed by atoms with Gasteiger partial charge in [-0.1, -0.05) is 133 Å². The molecule has 0 aliphatic heterocycles. The van der Waals surface area contributed by atoms with Crippen LogP contribution in [0.25, 0.3) is 57.9 Å². The zero-order chi connectivity index (χ0) is 27.0. The number of hydrogen-bond acceptors (Lipinski definition) is 2. The molecule has 0 unspecified atom stereocenters. The molecule has 2 nitrogen and oxygen atoms in total. The Balaban J connectivity index is 1.15. The van der Waals surface area contributed by atoms with E-state index in [1.165, 1.54) is 22.3 Å². The summed E-state index contributed by atoms with van der Waals surface area (Å²) in [5.74, 6) is 0. The quantitative estimate of drug-likeness (QED) is 0.213. The molecule has 4 aromatic carbocycles. The van der Waals surface area contributed by atoms with Crippen LogP contribution in [0.4, 0.5) is 0 Å². The molecule has 0 aliphatic rings. The first-order chi connectivity index (χ1) is 19.8. The average molecular weight is 513 g/mol. The van der Waals surface area contributed by atoms with Gasteiger partial charge in [-0.2, -0.15) is 0 Å². The van der Waals surface area contributed by atoms with Crippen molar-refractivity contribution in [1.29, 1.82) is 0 Å². The zero-order valence-corrected chi connectivity index (χ0v) is 22.1. The van der Waals surface area contributed by atoms with Gasteiger partial charge in [-0.15, -0.1) is 0 Å². The lowest BCUT2D eigenvalue weighted by molar-refractivity contribution is 1.24. The molecule has 0 radical (unpaired) electrons. The summed E-state index contributed by atoms with van der Waals surface area (Å²) in [5, 5.41) is 0. The summed E-state index contributed by atoms with van der Waals surface area (Å²) in [5.41, 5.74) is 11.1. The van der Waals surface area contributed by atoms with E-state index in [0.29, 0.717) is 0 Å². The highest BCUT2D eigenvalue weighted by Crippen LogP contribution is 2.23. The van der Waals surface area contributed by atoms with Crippen LogP contribution in [0.5, 0.6) is 0 Å². The maximum atomic E-state index is 4.59. The SMILES string of the molecule is C(=Cc1ccnc(-c2cc(C=Cc3ccc(-c4ccccc4)cc3)ccn2)c1)c1ccc(-c2ccccc2)cc1. The number of nitrogens with zero attached hydrogens (tertiary/aromatic N) is 2. The lowest BCUT2D eigenvalue weighted by atomic mass is 10.0. The van der Waals surface area contributed by atoms with Gasteiger partial charge in [0.1, 0.15) is 0 Å². The average Bonchev–Trinajstić information content (AvgIpc) is 3.04. The highest BCUT2D eigenvalue weighted by Gasteiger charge is 2.03. The number of rotatable bonds is 7. The molecule has 0 atom stereocenters. The molecule has 6 rings (SSSR count). The fourth-order valence-corrected chi connectivity index (χ4v) is 4.60.